The minimum atomic E-state index is -0.188. The van der Waals surface area contributed by atoms with Gasteiger partial charge < -0.3 is 10.2 Å². The van der Waals surface area contributed by atoms with Crippen molar-refractivity contribution < 1.29 is 4.39 Å². The number of nitrogens with one attached hydrogen (secondary N) is 1. The summed E-state index contributed by atoms with van der Waals surface area (Å²) in [5, 5.41) is 3.61. The molecule has 4 rings (SSSR count). The van der Waals surface area contributed by atoms with Crippen molar-refractivity contribution in [1.82, 2.24) is 4.90 Å². The Hall–Kier alpha value is -0.610. The first kappa shape index (κ1) is 12.4. The van der Waals surface area contributed by atoms with E-state index < -0.39 is 0 Å². The summed E-state index contributed by atoms with van der Waals surface area (Å²) < 4.78 is 13.9. The highest BCUT2D eigenvalue weighted by molar-refractivity contribution is 9.10. The normalized spacial score (nSPS) is 30.5. The van der Waals surface area contributed by atoms with E-state index in [1.807, 2.05) is 13.0 Å². The molecule has 3 aliphatic rings. The van der Waals surface area contributed by atoms with Crippen LogP contribution in [0.5, 0.6) is 0 Å². The lowest BCUT2D eigenvalue weighted by molar-refractivity contribution is 0.0975. The first-order chi connectivity index (χ1) is 8.63. The fourth-order valence-corrected chi connectivity index (χ4v) is 3.47. The molecular weight excluding hydrogens is 295 g/mol. The van der Waals surface area contributed by atoms with Gasteiger partial charge in [0.1, 0.15) is 5.82 Å². The molecule has 1 aromatic carbocycles. The lowest BCUT2D eigenvalue weighted by Crippen LogP contribution is -2.53. The average Bonchev–Trinajstić information content (AvgIpc) is 2.37. The van der Waals surface area contributed by atoms with E-state index in [4.69, 9.17) is 0 Å². The number of halogens is 2. The third-order valence-corrected chi connectivity index (χ3v) is 4.87. The molecule has 0 spiro atoms. The Morgan fingerprint density at radius 2 is 2.06 bits per heavy atom. The Balaban J connectivity index is 1.78. The molecule has 2 bridgehead atoms. The summed E-state index contributed by atoms with van der Waals surface area (Å²) >= 11 is 3.26. The highest BCUT2D eigenvalue weighted by Crippen LogP contribution is 2.32. The van der Waals surface area contributed by atoms with Crippen LogP contribution in [0.1, 0.15) is 18.4 Å². The lowest BCUT2D eigenvalue weighted by atomic mass is 9.84. The van der Waals surface area contributed by atoms with E-state index in [1.54, 1.807) is 6.07 Å². The number of hydrogen-bond acceptors (Lipinski definition) is 2. The Morgan fingerprint density at radius 1 is 1.33 bits per heavy atom. The van der Waals surface area contributed by atoms with E-state index in [2.05, 4.69) is 26.1 Å². The number of aryl methyl sites for hydroxylation is 1. The second kappa shape index (κ2) is 4.82. The van der Waals surface area contributed by atoms with Gasteiger partial charge in [-0.2, -0.15) is 0 Å². The van der Waals surface area contributed by atoms with Crippen LogP contribution in [0.4, 0.5) is 10.1 Å². The molecule has 0 amide bonds. The summed E-state index contributed by atoms with van der Waals surface area (Å²) in [7, 11) is 0. The van der Waals surface area contributed by atoms with Gasteiger partial charge in [-0.05, 0) is 72.4 Å². The molecule has 0 radical (unpaired) electrons. The van der Waals surface area contributed by atoms with Crippen molar-refractivity contribution in [3.63, 3.8) is 0 Å². The zero-order valence-corrected chi connectivity index (χ0v) is 12.1. The Bertz CT molecular complexity index is 455. The predicted octanol–water partition coefficient (Wildman–Crippen LogP) is 3.40. The standard InChI is InChI=1S/C14H18BrFN2/c1-9-6-12(16)11(15)7-13(9)17-14-8-18-4-2-10(14)3-5-18/h6-7,10,14,17H,2-5,8H2,1H3. The topological polar surface area (TPSA) is 15.3 Å². The van der Waals surface area contributed by atoms with Crippen LogP contribution >= 0.6 is 15.9 Å². The number of piperidine rings is 3. The molecule has 98 valence electrons. The lowest BCUT2D eigenvalue weighted by Gasteiger charge is -2.45. The van der Waals surface area contributed by atoms with E-state index in [9.17, 15) is 4.39 Å². The van der Waals surface area contributed by atoms with Gasteiger partial charge in [-0.1, -0.05) is 0 Å². The third-order valence-electron chi connectivity index (χ3n) is 4.26. The van der Waals surface area contributed by atoms with E-state index in [-0.39, 0.29) is 5.82 Å². The van der Waals surface area contributed by atoms with Gasteiger partial charge in [-0.15, -0.1) is 0 Å². The maximum absolute atomic E-state index is 13.4. The number of anilines is 1. The zero-order valence-electron chi connectivity index (χ0n) is 10.5. The van der Waals surface area contributed by atoms with Crippen molar-refractivity contribution in [2.45, 2.75) is 25.8 Å². The first-order valence-electron chi connectivity index (χ1n) is 6.58. The average molecular weight is 313 g/mol. The molecule has 0 aromatic heterocycles. The minimum absolute atomic E-state index is 0.188. The van der Waals surface area contributed by atoms with Crippen LogP contribution in [0, 0.1) is 18.7 Å². The maximum atomic E-state index is 13.4. The zero-order chi connectivity index (χ0) is 12.7. The molecular formula is C14H18BrFN2. The van der Waals surface area contributed by atoms with Crippen LogP contribution < -0.4 is 5.32 Å². The predicted molar refractivity (Wildman–Crippen MR) is 75.4 cm³/mol. The summed E-state index contributed by atoms with van der Waals surface area (Å²) in [6, 6.07) is 3.97. The molecule has 1 N–H and O–H groups in total. The summed E-state index contributed by atoms with van der Waals surface area (Å²) in [6.07, 6.45) is 2.58. The number of rotatable bonds is 2. The molecule has 3 fully saturated rings. The van der Waals surface area contributed by atoms with Gasteiger partial charge in [0, 0.05) is 18.3 Å². The molecule has 1 atom stereocenters. The second-order valence-electron chi connectivity index (χ2n) is 5.47. The van der Waals surface area contributed by atoms with Gasteiger partial charge in [0.15, 0.2) is 0 Å². The van der Waals surface area contributed by atoms with Crippen molar-refractivity contribution in [1.29, 1.82) is 0 Å². The fourth-order valence-electron chi connectivity index (χ4n) is 3.13. The highest BCUT2D eigenvalue weighted by atomic mass is 79.9. The molecule has 2 nitrogen and oxygen atoms in total. The number of nitrogens with zero attached hydrogens (tertiary/aromatic N) is 1. The SMILES string of the molecule is Cc1cc(F)c(Br)cc1NC1CN2CCC1CC2. The smallest absolute Gasteiger partial charge is 0.137 e. The Labute approximate surface area is 116 Å². The molecule has 0 aliphatic carbocycles. The molecule has 1 unspecified atom stereocenters. The second-order valence-corrected chi connectivity index (χ2v) is 6.32. The van der Waals surface area contributed by atoms with E-state index in [0.717, 1.165) is 23.7 Å². The van der Waals surface area contributed by atoms with Crippen molar-refractivity contribution in [3.05, 3.63) is 28.0 Å². The van der Waals surface area contributed by atoms with Gasteiger partial charge >= 0.3 is 0 Å². The van der Waals surface area contributed by atoms with Gasteiger partial charge in [0.25, 0.3) is 0 Å². The molecule has 3 heterocycles. The Morgan fingerprint density at radius 3 is 2.67 bits per heavy atom. The molecule has 3 aliphatic heterocycles. The van der Waals surface area contributed by atoms with Crippen molar-refractivity contribution in [2.75, 3.05) is 25.0 Å². The van der Waals surface area contributed by atoms with Gasteiger partial charge in [-0.25, -0.2) is 4.39 Å². The molecule has 3 saturated heterocycles. The maximum Gasteiger partial charge on any atom is 0.137 e. The molecule has 1 aromatic rings. The first-order valence-corrected chi connectivity index (χ1v) is 7.37. The van der Waals surface area contributed by atoms with E-state index in [0.29, 0.717) is 10.5 Å². The van der Waals surface area contributed by atoms with Gasteiger partial charge in [0.2, 0.25) is 0 Å². The number of hydrogen-bond donors (Lipinski definition) is 1. The quantitative estimate of drug-likeness (QED) is 0.900. The minimum Gasteiger partial charge on any atom is -0.380 e. The van der Waals surface area contributed by atoms with Crippen LogP contribution in [0.25, 0.3) is 0 Å². The fraction of sp³-hybridized carbons (Fsp3) is 0.571. The van der Waals surface area contributed by atoms with Crippen molar-refractivity contribution >= 4 is 21.6 Å². The van der Waals surface area contributed by atoms with Gasteiger partial charge in [0.05, 0.1) is 4.47 Å². The molecule has 4 heteroatoms. The summed E-state index contributed by atoms with van der Waals surface area (Å²) in [4.78, 5) is 2.52. The summed E-state index contributed by atoms with van der Waals surface area (Å²) in [6.45, 7) is 5.57. The number of benzene rings is 1. The van der Waals surface area contributed by atoms with Crippen LogP contribution in [0.15, 0.2) is 16.6 Å². The van der Waals surface area contributed by atoms with Crippen LogP contribution in [0.2, 0.25) is 0 Å². The Kier molecular flexibility index (Phi) is 3.32. The molecule has 0 saturated carbocycles. The van der Waals surface area contributed by atoms with Gasteiger partial charge in [-0.3, -0.25) is 0 Å². The monoisotopic (exact) mass is 312 g/mol. The largest absolute Gasteiger partial charge is 0.380 e. The van der Waals surface area contributed by atoms with E-state index >= 15 is 0 Å². The van der Waals surface area contributed by atoms with E-state index in [1.165, 1.54) is 25.9 Å². The van der Waals surface area contributed by atoms with Crippen LogP contribution in [-0.2, 0) is 0 Å². The molecule has 18 heavy (non-hydrogen) atoms. The van der Waals surface area contributed by atoms with Crippen LogP contribution in [0.3, 0.4) is 0 Å². The highest BCUT2D eigenvalue weighted by Gasteiger charge is 2.34. The van der Waals surface area contributed by atoms with Crippen LogP contribution in [-0.4, -0.2) is 30.6 Å². The third kappa shape index (κ3) is 2.28. The summed E-state index contributed by atoms with van der Waals surface area (Å²) in [5.74, 6) is 0.588. The summed E-state index contributed by atoms with van der Waals surface area (Å²) in [5.41, 5.74) is 2.04. The number of fused-ring (bicyclic) bond motifs is 3. The van der Waals surface area contributed by atoms with Crippen molar-refractivity contribution in [2.24, 2.45) is 5.92 Å². The van der Waals surface area contributed by atoms with Crippen molar-refractivity contribution in [3.8, 4) is 0 Å².